The number of carbonyl (C=O) groups is 2. The lowest BCUT2D eigenvalue weighted by Crippen LogP contribution is -2.37. The minimum atomic E-state index is -0.179. The Morgan fingerprint density at radius 1 is 1.12 bits per heavy atom. The van der Waals surface area contributed by atoms with E-state index in [0.29, 0.717) is 5.56 Å². The molecule has 2 aromatic carbocycles. The van der Waals surface area contributed by atoms with E-state index in [-0.39, 0.29) is 24.4 Å². The van der Waals surface area contributed by atoms with Gasteiger partial charge in [-0.25, -0.2) is 0 Å². The highest BCUT2D eigenvalue weighted by Gasteiger charge is 2.29. The number of nitrogens with one attached hydrogen (secondary N) is 1. The van der Waals surface area contributed by atoms with Crippen molar-refractivity contribution < 1.29 is 9.59 Å². The SMILES string of the molecule is CC1c2ccccc2NC(=O)CN1C(=O)c1ccc(N(C)C)cc1. The first kappa shape index (κ1) is 16.1. The van der Waals surface area contributed by atoms with Crippen molar-refractivity contribution in [3.05, 3.63) is 59.7 Å². The number of carbonyl (C=O) groups excluding carboxylic acids is 2. The molecule has 1 aliphatic heterocycles. The molecule has 0 aliphatic carbocycles. The molecule has 0 saturated carbocycles. The van der Waals surface area contributed by atoms with Crippen LogP contribution in [0.4, 0.5) is 11.4 Å². The lowest BCUT2D eigenvalue weighted by atomic mass is 10.0. The number of nitrogens with zero attached hydrogens (tertiary/aromatic N) is 2. The quantitative estimate of drug-likeness (QED) is 0.924. The van der Waals surface area contributed by atoms with Crippen LogP contribution in [0.15, 0.2) is 48.5 Å². The van der Waals surface area contributed by atoms with Crippen LogP contribution >= 0.6 is 0 Å². The Morgan fingerprint density at radius 3 is 2.46 bits per heavy atom. The molecule has 2 aromatic rings. The predicted molar refractivity (Wildman–Crippen MR) is 95.3 cm³/mol. The summed E-state index contributed by atoms with van der Waals surface area (Å²) >= 11 is 0. The van der Waals surface area contributed by atoms with Crippen LogP contribution in [0, 0.1) is 0 Å². The molecular weight excluding hydrogens is 302 g/mol. The molecule has 0 saturated heterocycles. The van der Waals surface area contributed by atoms with Gasteiger partial charge in [0.2, 0.25) is 5.91 Å². The van der Waals surface area contributed by atoms with Crippen molar-refractivity contribution in [2.45, 2.75) is 13.0 Å². The molecule has 0 spiro atoms. The monoisotopic (exact) mass is 323 g/mol. The van der Waals surface area contributed by atoms with Crippen LogP contribution in [0.2, 0.25) is 0 Å². The molecule has 5 nitrogen and oxygen atoms in total. The summed E-state index contributed by atoms with van der Waals surface area (Å²) in [7, 11) is 3.91. The Labute approximate surface area is 141 Å². The smallest absolute Gasteiger partial charge is 0.254 e. The van der Waals surface area contributed by atoms with E-state index in [9.17, 15) is 9.59 Å². The van der Waals surface area contributed by atoms with Crippen molar-refractivity contribution in [3.63, 3.8) is 0 Å². The molecule has 5 heteroatoms. The average Bonchev–Trinajstić information content (AvgIpc) is 2.71. The Bertz CT molecular complexity index is 768. The third-order valence-electron chi connectivity index (χ3n) is 4.36. The first-order valence-electron chi connectivity index (χ1n) is 7.94. The van der Waals surface area contributed by atoms with E-state index in [1.807, 2.05) is 62.3 Å². The Balaban J connectivity index is 1.92. The van der Waals surface area contributed by atoms with Gasteiger partial charge in [0, 0.05) is 31.0 Å². The molecule has 0 bridgehead atoms. The topological polar surface area (TPSA) is 52.7 Å². The second kappa shape index (κ2) is 6.35. The normalized spacial score (nSPS) is 16.9. The van der Waals surface area contributed by atoms with Crippen molar-refractivity contribution in [1.82, 2.24) is 4.90 Å². The van der Waals surface area contributed by atoms with Gasteiger partial charge in [0.25, 0.3) is 5.91 Å². The fourth-order valence-corrected chi connectivity index (χ4v) is 2.94. The zero-order valence-corrected chi connectivity index (χ0v) is 14.1. The van der Waals surface area contributed by atoms with Gasteiger partial charge < -0.3 is 15.1 Å². The first-order valence-corrected chi connectivity index (χ1v) is 7.94. The molecule has 124 valence electrons. The average molecular weight is 323 g/mol. The van der Waals surface area contributed by atoms with E-state index in [4.69, 9.17) is 0 Å². The molecule has 0 aromatic heterocycles. The lowest BCUT2D eigenvalue weighted by molar-refractivity contribution is -0.117. The largest absolute Gasteiger partial charge is 0.378 e. The van der Waals surface area contributed by atoms with Gasteiger partial charge in [-0.05, 0) is 42.8 Å². The van der Waals surface area contributed by atoms with Gasteiger partial charge in [0.1, 0.15) is 6.54 Å². The van der Waals surface area contributed by atoms with Crippen LogP contribution in [0.3, 0.4) is 0 Å². The number of amides is 2. The summed E-state index contributed by atoms with van der Waals surface area (Å²) in [6.45, 7) is 2.00. The molecule has 1 N–H and O–H groups in total. The number of anilines is 2. The molecule has 3 rings (SSSR count). The Hall–Kier alpha value is -2.82. The molecule has 1 aliphatic rings. The van der Waals surface area contributed by atoms with E-state index >= 15 is 0 Å². The zero-order valence-electron chi connectivity index (χ0n) is 14.1. The maximum Gasteiger partial charge on any atom is 0.254 e. The summed E-state index contributed by atoms with van der Waals surface area (Å²) in [5.41, 5.74) is 3.33. The van der Waals surface area contributed by atoms with Crippen LogP contribution in [0.5, 0.6) is 0 Å². The van der Waals surface area contributed by atoms with E-state index in [0.717, 1.165) is 16.9 Å². The van der Waals surface area contributed by atoms with Crippen LogP contribution in [-0.4, -0.2) is 37.4 Å². The summed E-state index contributed by atoms with van der Waals surface area (Å²) in [5.74, 6) is -0.315. The Kier molecular flexibility index (Phi) is 4.25. The maximum atomic E-state index is 12.9. The molecule has 1 unspecified atom stereocenters. The maximum absolute atomic E-state index is 12.9. The van der Waals surface area contributed by atoms with Gasteiger partial charge in [0.05, 0.1) is 6.04 Å². The second-order valence-corrected chi connectivity index (χ2v) is 6.19. The van der Waals surface area contributed by atoms with E-state index in [2.05, 4.69) is 5.32 Å². The summed E-state index contributed by atoms with van der Waals surface area (Å²) < 4.78 is 0. The minimum Gasteiger partial charge on any atom is -0.378 e. The predicted octanol–water partition coefficient (Wildman–Crippen LogP) is 2.91. The third-order valence-corrected chi connectivity index (χ3v) is 4.36. The third kappa shape index (κ3) is 2.97. The number of para-hydroxylation sites is 1. The van der Waals surface area contributed by atoms with Crippen LogP contribution < -0.4 is 10.2 Å². The molecule has 2 amide bonds. The van der Waals surface area contributed by atoms with Crippen molar-refractivity contribution in [3.8, 4) is 0 Å². The summed E-state index contributed by atoms with van der Waals surface area (Å²) in [5, 5.41) is 2.87. The molecule has 0 fully saturated rings. The number of hydrogen-bond donors (Lipinski definition) is 1. The summed E-state index contributed by atoms with van der Waals surface area (Å²) in [6.07, 6.45) is 0. The van der Waals surface area contributed by atoms with Gasteiger partial charge >= 0.3 is 0 Å². The molecule has 1 atom stereocenters. The molecule has 0 radical (unpaired) electrons. The first-order chi connectivity index (χ1) is 11.5. The lowest BCUT2D eigenvalue weighted by Gasteiger charge is -2.27. The molecule has 1 heterocycles. The van der Waals surface area contributed by atoms with Crippen molar-refractivity contribution in [2.75, 3.05) is 30.9 Å². The zero-order chi connectivity index (χ0) is 17.3. The molecular formula is C19H21N3O2. The Morgan fingerprint density at radius 2 is 1.79 bits per heavy atom. The summed E-state index contributed by atoms with van der Waals surface area (Å²) in [6, 6.07) is 14.8. The van der Waals surface area contributed by atoms with Crippen LogP contribution in [0.1, 0.15) is 28.9 Å². The molecule has 24 heavy (non-hydrogen) atoms. The number of hydrogen-bond acceptors (Lipinski definition) is 3. The van der Waals surface area contributed by atoms with E-state index in [1.165, 1.54) is 0 Å². The van der Waals surface area contributed by atoms with Crippen LogP contribution in [0.25, 0.3) is 0 Å². The number of fused-ring (bicyclic) bond motifs is 1. The number of benzene rings is 2. The van der Waals surface area contributed by atoms with Crippen LogP contribution in [-0.2, 0) is 4.79 Å². The minimum absolute atomic E-state index is 0.0457. The highest BCUT2D eigenvalue weighted by Crippen LogP contribution is 2.31. The van der Waals surface area contributed by atoms with Crippen molar-refractivity contribution >= 4 is 23.2 Å². The van der Waals surface area contributed by atoms with Gasteiger partial charge in [-0.1, -0.05) is 18.2 Å². The highest BCUT2D eigenvalue weighted by atomic mass is 16.2. The van der Waals surface area contributed by atoms with Gasteiger partial charge in [-0.2, -0.15) is 0 Å². The summed E-state index contributed by atoms with van der Waals surface area (Å²) in [4.78, 5) is 28.7. The van der Waals surface area contributed by atoms with Gasteiger partial charge in [0.15, 0.2) is 0 Å². The van der Waals surface area contributed by atoms with E-state index in [1.54, 1.807) is 17.0 Å². The van der Waals surface area contributed by atoms with Gasteiger partial charge in [-0.3, -0.25) is 9.59 Å². The van der Waals surface area contributed by atoms with E-state index < -0.39 is 0 Å². The van der Waals surface area contributed by atoms with Gasteiger partial charge in [-0.15, -0.1) is 0 Å². The number of rotatable bonds is 2. The highest BCUT2D eigenvalue weighted by molar-refractivity contribution is 6.01. The van der Waals surface area contributed by atoms with Crippen molar-refractivity contribution in [2.24, 2.45) is 0 Å². The van der Waals surface area contributed by atoms with Crippen molar-refractivity contribution in [1.29, 1.82) is 0 Å². The fraction of sp³-hybridized carbons (Fsp3) is 0.263. The second-order valence-electron chi connectivity index (χ2n) is 6.19. The fourth-order valence-electron chi connectivity index (χ4n) is 2.94. The standard InChI is InChI=1S/C19H21N3O2/c1-13-16-6-4-5-7-17(16)20-18(23)12-22(13)19(24)14-8-10-15(11-9-14)21(2)3/h4-11,13H,12H2,1-3H3,(H,20,23).